The Balaban J connectivity index is 1.86. The summed E-state index contributed by atoms with van der Waals surface area (Å²) in [5, 5.41) is 0. The van der Waals surface area contributed by atoms with Crippen LogP contribution in [0.3, 0.4) is 0 Å². The number of aromatic nitrogens is 2. The van der Waals surface area contributed by atoms with Crippen LogP contribution in [0.15, 0.2) is 42.7 Å². The molecular formula is C15H18N4. The highest BCUT2D eigenvalue weighted by molar-refractivity contribution is 5.42. The molecule has 0 aliphatic carbocycles. The van der Waals surface area contributed by atoms with Crippen LogP contribution in [0.4, 0.5) is 5.82 Å². The Morgan fingerprint density at radius 3 is 2.68 bits per heavy atom. The third-order valence-corrected chi connectivity index (χ3v) is 3.63. The SMILES string of the molecule is NCc1cnc(N2CCCC2c2ccccc2)cn1. The number of hydrogen-bond donors (Lipinski definition) is 1. The zero-order valence-corrected chi connectivity index (χ0v) is 10.9. The van der Waals surface area contributed by atoms with E-state index in [2.05, 4.69) is 45.2 Å². The minimum absolute atomic E-state index is 0.416. The minimum Gasteiger partial charge on any atom is -0.348 e. The van der Waals surface area contributed by atoms with Crippen molar-refractivity contribution in [3.63, 3.8) is 0 Å². The van der Waals surface area contributed by atoms with Gasteiger partial charge in [-0.05, 0) is 18.4 Å². The number of nitrogens with two attached hydrogens (primary N) is 1. The van der Waals surface area contributed by atoms with E-state index in [9.17, 15) is 0 Å². The lowest BCUT2D eigenvalue weighted by Gasteiger charge is -2.25. The quantitative estimate of drug-likeness (QED) is 0.913. The molecule has 19 heavy (non-hydrogen) atoms. The molecule has 4 heteroatoms. The molecule has 1 aliphatic heterocycles. The summed E-state index contributed by atoms with van der Waals surface area (Å²) in [6.45, 7) is 1.48. The van der Waals surface area contributed by atoms with Gasteiger partial charge in [-0.25, -0.2) is 4.98 Å². The molecule has 1 atom stereocenters. The van der Waals surface area contributed by atoms with Crippen molar-refractivity contribution in [2.45, 2.75) is 25.4 Å². The number of nitrogens with zero attached hydrogens (tertiary/aromatic N) is 3. The van der Waals surface area contributed by atoms with Crippen LogP contribution in [0.5, 0.6) is 0 Å². The van der Waals surface area contributed by atoms with Crippen LogP contribution in [-0.2, 0) is 6.54 Å². The van der Waals surface area contributed by atoms with Gasteiger partial charge >= 0.3 is 0 Å². The molecule has 98 valence electrons. The van der Waals surface area contributed by atoms with E-state index in [0.717, 1.165) is 18.1 Å². The van der Waals surface area contributed by atoms with Crippen molar-refractivity contribution in [2.24, 2.45) is 5.73 Å². The predicted molar refractivity (Wildman–Crippen MR) is 75.7 cm³/mol. The first kappa shape index (κ1) is 12.1. The summed E-state index contributed by atoms with van der Waals surface area (Å²) in [5.41, 5.74) is 7.74. The third kappa shape index (κ3) is 2.44. The molecule has 1 fully saturated rings. The topological polar surface area (TPSA) is 55.0 Å². The van der Waals surface area contributed by atoms with E-state index in [1.165, 1.54) is 18.4 Å². The average molecular weight is 254 g/mol. The van der Waals surface area contributed by atoms with Gasteiger partial charge in [-0.15, -0.1) is 0 Å². The normalized spacial score (nSPS) is 18.8. The summed E-state index contributed by atoms with van der Waals surface area (Å²) in [7, 11) is 0. The van der Waals surface area contributed by atoms with E-state index < -0.39 is 0 Å². The second kappa shape index (κ2) is 5.36. The van der Waals surface area contributed by atoms with Crippen LogP contribution >= 0.6 is 0 Å². The molecule has 0 spiro atoms. The maximum absolute atomic E-state index is 5.56. The molecule has 1 saturated heterocycles. The van der Waals surface area contributed by atoms with Gasteiger partial charge in [-0.1, -0.05) is 30.3 Å². The molecule has 0 radical (unpaired) electrons. The highest BCUT2D eigenvalue weighted by Crippen LogP contribution is 2.34. The molecule has 0 saturated carbocycles. The third-order valence-electron chi connectivity index (χ3n) is 3.63. The van der Waals surface area contributed by atoms with Crippen LogP contribution in [-0.4, -0.2) is 16.5 Å². The summed E-state index contributed by atoms with van der Waals surface area (Å²) in [5.74, 6) is 0.948. The second-order valence-corrected chi connectivity index (χ2v) is 4.83. The lowest BCUT2D eigenvalue weighted by molar-refractivity contribution is 0.708. The van der Waals surface area contributed by atoms with Gasteiger partial charge in [0.05, 0.1) is 24.1 Å². The fraction of sp³-hybridized carbons (Fsp3) is 0.333. The van der Waals surface area contributed by atoms with Gasteiger partial charge in [0.1, 0.15) is 5.82 Å². The van der Waals surface area contributed by atoms with E-state index in [0.29, 0.717) is 12.6 Å². The van der Waals surface area contributed by atoms with E-state index in [4.69, 9.17) is 5.73 Å². The largest absolute Gasteiger partial charge is 0.348 e. The predicted octanol–water partition coefficient (Wildman–Crippen LogP) is 2.28. The second-order valence-electron chi connectivity index (χ2n) is 4.83. The number of benzene rings is 1. The highest BCUT2D eigenvalue weighted by Gasteiger charge is 2.26. The molecule has 2 heterocycles. The minimum atomic E-state index is 0.416. The zero-order valence-electron chi connectivity index (χ0n) is 10.9. The van der Waals surface area contributed by atoms with Crippen molar-refractivity contribution >= 4 is 5.82 Å². The molecular weight excluding hydrogens is 236 g/mol. The zero-order chi connectivity index (χ0) is 13.1. The van der Waals surface area contributed by atoms with E-state index in [1.54, 1.807) is 6.20 Å². The Kier molecular flexibility index (Phi) is 3.42. The summed E-state index contributed by atoms with van der Waals surface area (Å²) in [6, 6.07) is 11.0. The molecule has 3 rings (SSSR count). The van der Waals surface area contributed by atoms with Crippen molar-refractivity contribution < 1.29 is 0 Å². The lowest BCUT2D eigenvalue weighted by Crippen LogP contribution is -2.23. The first-order valence-electron chi connectivity index (χ1n) is 6.71. The molecule has 1 aromatic carbocycles. The van der Waals surface area contributed by atoms with Crippen molar-refractivity contribution in [1.82, 2.24) is 9.97 Å². The van der Waals surface area contributed by atoms with Crippen molar-refractivity contribution in [3.8, 4) is 0 Å². The Hall–Kier alpha value is -1.94. The first-order chi connectivity index (χ1) is 9.38. The van der Waals surface area contributed by atoms with E-state index in [1.807, 2.05) is 6.20 Å². The Morgan fingerprint density at radius 2 is 2.00 bits per heavy atom. The molecule has 1 aliphatic rings. The Bertz CT molecular complexity index is 524. The Morgan fingerprint density at radius 1 is 1.16 bits per heavy atom. The van der Waals surface area contributed by atoms with Crippen LogP contribution < -0.4 is 10.6 Å². The monoisotopic (exact) mass is 254 g/mol. The van der Waals surface area contributed by atoms with Gasteiger partial charge in [0.25, 0.3) is 0 Å². The molecule has 0 amide bonds. The van der Waals surface area contributed by atoms with Gasteiger partial charge in [0.15, 0.2) is 0 Å². The van der Waals surface area contributed by atoms with Crippen LogP contribution in [0.1, 0.15) is 30.1 Å². The fourth-order valence-corrected chi connectivity index (χ4v) is 2.66. The molecule has 2 N–H and O–H groups in total. The fourth-order valence-electron chi connectivity index (χ4n) is 2.66. The average Bonchev–Trinajstić information content (AvgIpc) is 2.98. The standard InChI is InChI=1S/C15H18N4/c16-9-13-10-18-15(11-17-13)19-8-4-7-14(19)12-5-2-1-3-6-12/h1-3,5-6,10-11,14H,4,7-9,16H2. The first-order valence-corrected chi connectivity index (χ1v) is 6.71. The van der Waals surface area contributed by atoms with Crippen LogP contribution in [0, 0.1) is 0 Å². The molecule has 4 nitrogen and oxygen atoms in total. The van der Waals surface area contributed by atoms with E-state index in [-0.39, 0.29) is 0 Å². The van der Waals surface area contributed by atoms with Gasteiger partial charge in [-0.2, -0.15) is 0 Å². The van der Waals surface area contributed by atoms with E-state index >= 15 is 0 Å². The van der Waals surface area contributed by atoms with Crippen LogP contribution in [0.25, 0.3) is 0 Å². The summed E-state index contributed by atoms with van der Waals surface area (Å²) < 4.78 is 0. The maximum atomic E-state index is 5.56. The molecule has 2 aromatic rings. The summed E-state index contributed by atoms with van der Waals surface area (Å²) in [6.07, 6.45) is 5.98. The van der Waals surface area contributed by atoms with Crippen molar-refractivity contribution in [2.75, 3.05) is 11.4 Å². The van der Waals surface area contributed by atoms with Crippen molar-refractivity contribution in [1.29, 1.82) is 0 Å². The number of rotatable bonds is 3. The van der Waals surface area contributed by atoms with Gasteiger partial charge in [0, 0.05) is 13.1 Å². The molecule has 0 bridgehead atoms. The Labute approximate surface area is 113 Å². The van der Waals surface area contributed by atoms with Crippen molar-refractivity contribution in [3.05, 3.63) is 54.0 Å². The summed E-state index contributed by atoms with van der Waals surface area (Å²) >= 11 is 0. The lowest BCUT2D eigenvalue weighted by atomic mass is 10.0. The number of hydrogen-bond acceptors (Lipinski definition) is 4. The molecule has 1 unspecified atom stereocenters. The van der Waals surface area contributed by atoms with Crippen LogP contribution in [0.2, 0.25) is 0 Å². The number of anilines is 1. The summed E-state index contributed by atoms with van der Waals surface area (Å²) in [4.78, 5) is 11.2. The maximum Gasteiger partial charge on any atom is 0.147 e. The van der Waals surface area contributed by atoms with Gasteiger partial charge in [0.2, 0.25) is 0 Å². The smallest absolute Gasteiger partial charge is 0.147 e. The van der Waals surface area contributed by atoms with Gasteiger partial charge < -0.3 is 10.6 Å². The molecule has 1 aromatic heterocycles. The highest BCUT2D eigenvalue weighted by atomic mass is 15.2. The van der Waals surface area contributed by atoms with Gasteiger partial charge in [-0.3, -0.25) is 4.98 Å².